The fourth-order valence-electron chi connectivity index (χ4n) is 4.10. The van der Waals surface area contributed by atoms with Gasteiger partial charge in [0, 0.05) is 62.6 Å². The van der Waals surface area contributed by atoms with Crippen molar-refractivity contribution in [1.82, 2.24) is 19.5 Å². The molecule has 0 unspecified atom stereocenters. The Bertz CT molecular complexity index is 742. The molecule has 0 N–H and O–H groups in total. The van der Waals surface area contributed by atoms with Gasteiger partial charge < -0.3 is 14.5 Å². The minimum Gasteiger partial charge on any atom is -0.381 e. The van der Waals surface area contributed by atoms with Gasteiger partial charge in [-0.2, -0.15) is 9.61 Å². The largest absolute Gasteiger partial charge is 0.381 e. The van der Waals surface area contributed by atoms with Crippen LogP contribution in [0.15, 0.2) is 6.07 Å². The van der Waals surface area contributed by atoms with E-state index in [4.69, 9.17) is 14.8 Å². The lowest BCUT2D eigenvalue weighted by atomic mass is 9.97. The molecule has 4 rings (SSSR count). The maximum absolute atomic E-state index is 5.52. The molecule has 0 bridgehead atoms. The molecule has 2 fully saturated rings. The van der Waals surface area contributed by atoms with E-state index in [9.17, 15) is 0 Å². The zero-order chi connectivity index (χ0) is 17.4. The molecule has 6 nitrogen and oxygen atoms in total. The van der Waals surface area contributed by atoms with Gasteiger partial charge in [0.1, 0.15) is 5.82 Å². The van der Waals surface area contributed by atoms with Gasteiger partial charge in [-0.15, -0.1) is 0 Å². The summed E-state index contributed by atoms with van der Waals surface area (Å²) in [6, 6.07) is 2.20. The van der Waals surface area contributed by atoms with Gasteiger partial charge in [0.25, 0.3) is 0 Å². The lowest BCUT2D eigenvalue weighted by Gasteiger charge is -2.35. The molecule has 25 heavy (non-hydrogen) atoms. The maximum Gasteiger partial charge on any atom is 0.157 e. The highest BCUT2D eigenvalue weighted by atomic mass is 16.5. The highest BCUT2D eigenvalue weighted by molar-refractivity contribution is 5.58. The lowest BCUT2D eigenvalue weighted by molar-refractivity contribution is 0.0844. The second-order valence-corrected chi connectivity index (χ2v) is 7.37. The first-order chi connectivity index (χ1) is 12.2. The van der Waals surface area contributed by atoms with Crippen LogP contribution < -0.4 is 4.90 Å². The molecule has 6 heteroatoms. The first-order valence-corrected chi connectivity index (χ1v) is 9.57. The van der Waals surface area contributed by atoms with Crippen LogP contribution in [0.4, 0.5) is 5.82 Å². The molecular formula is C19H29N5O. The predicted molar refractivity (Wildman–Crippen MR) is 99.6 cm³/mol. The van der Waals surface area contributed by atoms with E-state index in [1.165, 1.54) is 17.1 Å². The van der Waals surface area contributed by atoms with E-state index in [1.54, 1.807) is 0 Å². The number of hydrogen-bond donors (Lipinski definition) is 0. The van der Waals surface area contributed by atoms with Crippen LogP contribution in [-0.2, 0) is 11.2 Å². The third kappa shape index (κ3) is 3.13. The maximum atomic E-state index is 5.52. The molecule has 0 spiro atoms. The molecule has 0 amide bonds. The summed E-state index contributed by atoms with van der Waals surface area (Å²) >= 11 is 0. The summed E-state index contributed by atoms with van der Waals surface area (Å²) in [4.78, 5) is 9.76. The Morgan fingerprint density at radius 1 is 1.16 bits per heavy atom. The zero-order valence-electron chi connectivity index (χ0n) is 15.7. The van der Waals surface area contributed by atoms with Crippen LogP contribution in [0.3, 0.4) is 0 Å². The van der Waals surface area contributed by atoms with Crippen molar-refractivity contribution >= 4 is 11.5 Å². The summed E-state index contributed by atoms with van der Waals surface area (Å²) in [5.74, 6) is 1.76. The summed E-state index contributed by atoms with van der Waals surface area (Å²) in [7, 11) is 2.20. The van der Waals surface area contributed by atoms with Gasteiger partial charge in [0.2, 0.25) is 0 Å². The summed E-state index contributed by atoms with van der Waals surface area (Å²) in [6.45, 7) is 10.3. The number of piperazine rings is 1. The lowest BCUT2D eigenvalue weighted by Crippen LogP contribution is -2.45. The van der Waals surface area contributed by atoms with Crippen LogP contribution in [0.5, 0.6) is 0 Å². The SMILES string of the molecule is CCc1c(C)nc2cc(C3CCOCC3)nn2c1N1CCN(C)CC1. The first kappa shape index (κ1) is 16.8. The fourth-order valence-corrected chi connectivity index (χ4v) is 4.10. The van der Waals surface area contributed by atoms with E-state index in [0.29, 0.717) is 5.92 Å². The van der Waals surface area contributed by atoms with E-state index < -0.39 is 0 Å². The van der Waals surface area contributed by atoms with Gasteiger partial charge in [0.05, 0.1) is 5.69 Å². The predicted octanol–water partition coefficient (Wildman–Crippen LogP) is 2.25. The summed E-state index contributed by atoms with van der Waals surface area (Å²) in [5, 5.41) is 5.02. The van der Waals surface area contributed by atoms with Crippen LogP contribution in [0.25, 0.3) is 5.65 Å². The van der Waals surface area contributed by atoms with Gasteiger partial charge in [0.15, 0.2) is 5.65 Å². The van der Waals surface area contributed by atoms with Crippen molar-refractivity contribution in [1.29, 1.82) is 0 Å². The van der Waals surface area contributed by atoms with Crippen molar-refractivity contribution in [2.45, 2.75) is 39.0 Å². The third-order valence-electron chi connectivity index (χ3n) is 5.69. The van der Waals surface area contributed by atoms with Crippen LogP contribution >= 0.6 is 0 Å². The third-order valence-corrected chi connectivity index (χ3v) is 5.69. The number of anilines is 1. The highest BCUT2D eigenvalue weighted by Crippen LogP contribution is 2.30. The first-order valence-electron chi connectivity index (χ1n) is 9.57. The fraction of sp³-hybridized carbons (Fsp3) is 0.684. The monoisotopic (exact) mass is 343 g/mol. The molecule has 0 aliphatic carbocycles. The van der Waals surface area contributed by atoms with E-state index >= 15 is 0 Å². The van der Waals surface area contributed by atoms with Crippen LogP contribution in [0.1, 0.15) is 42.6 Å². The molecule has 2 aromatic rings. The average molecular weight is 343 g/mol. The second-order valence-electron chi connectivity index (χ2n) is 7.37. The number of likely N-dealkylation sites (N-methyl/N-ethyl adjacent to an activating group) is 1. The Labute approximate surface area is 149 Å². The zero-order valence-corrected chi connectivity index (χ0v) is 15.7. The Balaban J connectivity index is 1.78. The number of fused-ring (bicyclic) bond motifs is 1. The van der Waals surface area contributed by atoms with Crippen molar-refractivity contribution in [3.05, 3.63) is 23.0 Å². The van der Waals surface area contributed by atoms with Gasteiger partial charge in [-0.1, -0.05) is 6.92 Å². The molecule has 2 saturated heterocycles. The number of ether oxygens (including phenoxy) is 1. The average Bonchev–Trinajstić information content (AvgIpc) is 3.05. The molecule has 0 atom stereocenters. The van der Waals surface area contributed by atoms with Crippen molar-refractivity contribution in [2.24, 2.45) is 0 Å². The molecule has 0 saturated carbocycles. The smallest absolute Gasteiger partial charge is 0.157 e. The number of aryl methyl sites for hydroxylation is 1. The Hall–Kier alpha value is -1.66. The number of aromatic nitrogens is 3. The van der Waals surface area contributed by atoms with E-state index in [1.807, 2.05) is 0 Å². The van der Waals surface area contributed by atoms with Gasteiger partial charge in [-0.25, -0.2) is 4.98 Å². The van der Waals surface area contributed by atoms with Crippen molar-refractivity contribution in [2.75, 3.05) is 51.3 Å². The van der Waals surface area contributed by atoms with Crippen molar-refractivity contribution < 1.29 is 4.74 Å². The Kier molecular flexibility index (Phi) is 4.65. The molecule has 4 heterocycles. The van der Waals surface area contributed by atoms with E-state index in [2.05, 4.69) is 41.3 Å². The van der Waals surface area contributed by atoms with E-state index in [-0.39, 0.29) is 0 Å². The quantitative estimate of drug-likeness (QED) is 0.855. The molecule has 136 valence electrons. The van der Waals surface area contributed by atoms with Crippen molar-refractivity contribution in [3.63, 3.8) is 0 Å². The molecule has 2 aliphatic rings. The normalized spacial score (nSPS) is 20.5. The van der Waals surface area contributed by atoms with Gasteiger partial charge >= 0.3 is 0 Å². The number of rotatable bonds is 3. The molecule has 2 aliphatic heterocycles. The minimum absolute atomic E-state index is 0.501. The Morgan fingerprint density at radius 3 is 2.56 bits per heavy atom. The molecular weight excluding hydrogens is 314 g/mol. The highest BCUT2D eigenvalue weighted by Gasteiger charge is 2.25. The van der Waals surface area contributed by atoms with Gasteiger partial charge in [-0.3, -0.25) is 0 Å². The number of nitrogens with zero attached hydrogens (tertiary/aromatic N) is 5. The molecule has 0 aromatic carbocycles. The standard InChI is InChI=1S/C19H29N5O/c1-4-16-14(2)20-18-13-17(15-5-11-25-12-6-15)21-24(18)19(16)23-9-7-22(3)8-10-23/h13,15H,4-12H2,1-3H3. The van der Waals surface area contributed by atoms with Crippen LogP contribution in [-0.4, -0.2) is 65.9 Å². The molecule has 2 aromatic heterocycles. The summed E-state index contributed by atoms with van der Waals surface area (Å²) in [6.07, 6.45) is 3.11. The Morgan fingerprint density at radius 2 is 1.88 bits per heavy atom. The van der Waals surface area contributed by atoms with Crippen LogP contribution in [0, 0.1) is 6.92 Å². The number of hydrogen-bond acceptors (Lipinski definition) is 5. The summed E-state index contributed by atoms with van der Waals surface area (Å²) < 4.78 is 7.63. The molecule has 0 radical (unpaired) electrons. The topological polar surface area (TPSA) is 45.9 Å². The second kappa shape index (κ2) is 6.92. The van der Waals surface area contributed by atoms with E-state index in [0.717, 1.165) is 70.0 Å². The summed E-state index contributed by atoms with van der Waals surface area (Å²) in [5.41, 5.74) is 4.64. The van der Waals surface area contributed by atoms with Crippen molar-refractivity contribution in [3.8, 4) is 0 Å². The van der Waals surface area contributed by atoms with Crippen LogP contribution in [0.2, 0.25) is 0 Å². The van der Waals surface area contributed by atoms with Gasteiger partial charge in [-0.05, 0) is 33.2 Å². The minimum atomic E-state index is 0.501.